The zero-order chi connectivity index (χ0) is 17.6. The highest BCUT2D eigenvalue weighted by Gasteiger charge is 2.43. The Bertz CT molecular complexity index is 826. The lowest BCUT2D eigenvalue weighted by atomic mass is 9.78. The number of nitrogens with one attached hydrogen (secondary N) is 1. The Labute approximate surface area is 149 Å². The van der Waals surface area contributed by atoms with Crippen molar-refractivity contribution in [2.75, 3.05) is 6.61 Å². The van der Waals surface area contributed by atoms with Gasteiger partial charge >= 0.3 is 11.9 Å². The van der Waals surface area contributed by atoms with Crippen LogP contribution in [0.4, 0.5) is 0 Å². The third kappa shape index (κ3) is 2.58. The van der Waals surface area contributed by atoms with E-state index >= 15 is 0 Å². The van der Waals surface area contributed by atoms with Gasteiger partial charge in [-0.25, -0.2) is 9.59 Å². The molecule has 0 fully saturated rings. The standard InChI is InChI=1S/C17H15Cl2NO4/c1-4-23-16(21)12-7(2)20-8(3)13-14(12)10-5-9(18)6-11(19)15(10)24-17(13)22/h5-6,14,20H,4H2,1-3H3/t14-/m0/s1. The Morgan fingerprint density at radius 1 is 1.29 bits per heavy atom. The van der Waals surface area contributed by atoms with Crippen molar-refractivity contribution < 1.29 is 19.1 Å². The highest BCUT2D eigenvalue weighted by Crippen LogP contribution is 2.49. The Hall–Kier alpha value is -1.98. The van der Waals surface area contributed by atoms with Crippen molar-refractivity contribution in [3.8, 4) is 5.75 Å². The predicted molar refractivity (Wildman–Crippen MR) is 90.0 cm³/mol. The minimum Gasteiger partial charge on any atom is -0.463 e. The summed E-state index contributed by atoms with van der Waals surface area (Å²) in [4.78, 5) is 25.0. The predicted octanol–water partition coefficient (Wildman–Crippen LogP) is 3.71. The van der Waals surface area contributed by atoms with Crippen LogP contribution in [-0.2, 0) is 14.3 Å². The summed E-state index contributed by atoms with van der Waals surface area (Å²) in [6.45, 7) is 5.47. The number of halogens is 2. The average Bonchev–Trinajstić information content (AvgIpc) is 2.48. The van der Waals surface area contributed by atoms with Crippen molar-refractivity contribution >= 4 is 35.1 Å². The molecule has 0 aliphatic carbocycles. The number of carbonyl (C=O) groups is 2. The Morgan fingerprint density at radius 2 is 2.00 bits per heavy atom. The molecule has 1 N–H and O–H groups in total. The molecule has 2 heterocycles. The first kappa shape index (κ1) is 16.9. The highest BCUT2D eigenvalue weighted by atomic mass is 35.5. The Kier molecular flexibility index (Phi) is 4.32. The fourth-order valence-electron chi connectivity index (χ4n) is 3.11. The highest BCUT2D eigenvalue weighted by molar-refractivity contribution is 6.36. The number of hydrogen-bond acceptors (Lipinski definition) is 5. The largest absolute Gasteiger partial charge is 0.463 e. The van der Waals surface area contributed by atoms with E-state index in [1.54, 1.807) is 26.8 Å². The van der Waals surface area contributed by atoms with E-state index < -0.39 is 17.9 Å². The summed E-state index contributed by atoms with van der Waals surface area (Å²) in [5.74, 6) is -1.44. The lowest BCUT2D eigenvalue weighted by Crippen LogP contribution is -2.36. The van der Waals surface area contributed by atoms with Gasteiger partial charge in [0.1, 0.15) is 0 Å². The van der Waals surface area contributed by atoms with Crippen molar-refractivity contribution in [3.05, 3.63) is 50.3 Å². The number of ether oxygens (including phenoxy) is 2. The molecule has 0 amide bonds. The molecule has 2 aliphatic heterocycles. The van der Waals surface area contributed by atoms with Gasteiger partial charge in [0.25, 0.3) is 0 Å². The van der Waals surface area contributed by atoms with E-state index in [1.165, 1.54) is 6.07 Å². The van der Waals surface area contributed by atoms with Gasteiger partial charge in [0.2, 0.25) is 0 Å². The van der Waals surface area contributed by atoms with Gasteiger partial charge in [-0.1, -0.05) is 23.2 Å². The summed E-state index contributed by atoms with van der Waals surface area (Å²) in [6, 6.07) is 3.16. The average molecular weight is 368 g/mol. The summed E-state index contributed by atoms with van der Waals surface area (Å²) >= 11 is 12.3. The number of carbonyl (C=O) groups excluding carboxylic acids is 2. The summed E-state index contributed by atoms with van der Waals surface area (Å²) in [5.41, 5.74) is 2.53. The zero-order valence-electron chi connectivity index (χ0n) is 13.3. The third-order valence-corrected chi connectivity index (χ3v) is 4.52. The van der Waals surface area contributed by atoms with Gasteiger partial charge in [-0.3, -0.25) is 0 Å². The van der Waals surface area contributed by atoms with Crippen LogP contribution >= 0.6 is 23.2 Å². The number of allylic oxidation sites excluding steroid dienone is 2. The third-order valence-electron chi connectivity index (χ3n) is 4.02. The fraction of sp³-hybridized carbons (Fsp3) is 0.294. The van der Waals surface area contributed by atoms with Crippen molar-refractivity contribution in [2.24, 2.45) is 0 Å². The molecule has 0 saturated heterocycles. The molecule has 0 bridgehead atoms. The van der Waals surface area contributed by atoms with Crippen LogP contribution in [0.3, 0.4) is 0 Å². The first-order valence-electron chi connectivity index (χ1n) is 7.42. The topological polar surface area (TPSA) is 64.6 Å². The maximum atomic E-state index is 12.5. The van der Waals surface area contributed by atoms with Gasteiger partial charge < -0.3 is 14.8 Å². The monoisotopic (exact) mass is 367 g/mol. The van der Waals surface area contributed by atoms with Crippen LogP contribution < -0.4 is 10.1 Å². The molecule has 2 aliphatic rings. The van der Waals surface area contributed by atoms with E-state index in [0.717, 1.165) is 0 Å². The van der Waals surface area contributed by atoms with E-state index in [0.29, 0.717) is 33.1 Å². The first-order chi connectivity index (χ1) is 11.3. The van der Waals surface area contributed by atoms with Crippen LogP contribution in [0.15, 0.2) is 34.7 Å². The number of hydrogen-bond donors (Lipinski definition) is 1. The molecule has 7 heteroatoms. The molecule has 0 aromatic heterocycles. The second kappa shape index (κ2) is 6.15. The van der Waals surface area contributed by atoms with E-state index in [9.17, 15) is 9.59 Å². The van der Waals surface area contributed by atoms with Crippen molar-refractivity contribution in [2.45, 2.75) is 26.7 Å². The van der Waals surface area contributed by atoms with Crippen LogP contribution in [0.5, 0.6) is 5.75 Å². The van der Waals surface area contributed by atoms with Crippen LogP contribution in [0.25, 0.3) is 0 Å². The van der Waals surface area contributed by atoms with Gasteiger partial charge in [-0.15, -0.1) is 0 Å². The fourth-order valence-corrected chi connectivity index (χ4v) is 3.65. The number of esters is 2. The van der Waals surface area contributed by atoms with Crippen molar-refractivity contribution in [1.29, 1.82) is 0 Å². The van der Waals surface area contributed by atoms with Crippen molar-refractivity contribution in [1.82, 2.24) is 5.32 Å². The van der Waals surface area contributed by atoms with Crippen LogP contribution in [0.1, 0.15) is 32.3 Å². The molecule has 3 rings (SSSR count). The quantitative estimate of drug-likeness (QED) is 0.637. The second-order valence-electron chi connectivity index (χ2n) is 5.55. The number of dihydropyridines is 1. The molecule has 24 heavy (non-hydrogen) atoms. The second-order valence-corrected chi connectivity index (χ2v) is 6.39. The van der Waals surface area contributed by atoms with Crippen LogP contribution in [0, 0.1) is 0 Å². The smallest absolute Gasteiger partial charge is 0.342 e. The van der Waals surface area contributed by atoms with Gasteiger partial charge in [0.15, 0.2) is 5.75 Å². The molecule has 1 aromatic carbocycles. The summed E-state index contributed by atoms with van der Waals surface area (Å²) < 4.78 is 10.5. The number of rotatable bonds is 2. The molecule has 5 nitrogen and oxygen atoms in total. The SMILES string of the molecule is CCOC(=O)C1=C(C)NC(C)=C2C(=O)Oc3c(Cl)cc(Cl)cc3[C@@H]12. The zero-order valence-corrected chi connectivity index (χ0v) is 14.8. The van der Waals surface area contributed by atoms with E-state index in [1.807, 2.05) is 0 Å². The van der Waals surface area contributed by atoms with Crippen LogP contribution in [0.2, 0.25) is 10.0 Å². The maximum absolute atomic E-state index is 12.5. The molecular weight excluding hydrogens is 353 g/mol. The molecule has 0 saturated carbocycles. The number of fused-ring (bicyclic) bond motifs is 3. The maximum Gasteiger partial charge on any atom is 0.342 e. The Balaban J connectivity index is 2.27. The first-order valence-corrected chi connectivity index (χ1v) is 8.17. The Morgan fingerprint density at radius 3 is 2.67 bits per heavy atom. The summed E-state index contributed by atoms with van der Waals surface area (Å²) in [7, 11) is 0. The minimum atomic E-state index is -0.627. The van der Waals surface area contributed by atoms with E-state index in [2.05, 4.69) is 5.32 Å². The lowest BCUT2D eigenvalue weighted by Gasteiger charge is -2.34. The minimum absolute atomic E-state index is 0.224. The van der Waals surface area contributed by atoms with Gasteiger partial charge in [0, 0.05) is 22.0 Å². The lowest BCUT2D eigenvalue weighted by molar-refractivity contribution is -0.139. The van der Waals surface area contributed by atoms with Gasteiger partial charge in [-0.05, 0) is 32.9 Å². The van der Waals surface area contributed by atoms with Gasteiger partial charge in [0.05, 0.1) is 28.7 Å². The van der Waals surface area contributed by atoms with Gasteiger partial charge in [-0.2, -0.15) is 0 Å². The van der Waals surface area contributed by atoms with E-state index in [-0.39, 0.29) is 17.4 Å². The summed E-state index contributed by atoms with van der Waals surface area (Å²) in [6.07, 6.45) is 0. The molecule has 0 unspecified atom stereocenters. The van der Waals surface area contributed by atoms with E-state index in [4.69, 9.17) is 32.7 Å². The normalized spacial score (nSPS) is 19.4. The molecule has 1 atom stereocenters. The molecular formula is C17H15Cl2NO4. The van der Waals surface area contributed by atoms with Crippen LogP contribution in [-0.4, -0.2) is 18.5 Å². The summed E-state index contributed by atoms with van der Waals surface area (Å²) in [5, 5.41) is 3.67. The molecule has 0 spiro atoms. The van der Waals surface area contributed by atoms with Crippen molar-refractivity contribution in [3.63, 3.8) is 0 Å². The molecule has 0 radical (unpaired) electrons. The molecule has 1 aromatic rings. The molecule has 126 valence electrons. The number of benzene rings is 1.